The monoisotopic (exact) mass is 496 g/mol. The number of nitrogens with zero attached hydrogens (tertiary/aromatic N) is 3. The molecule has 0 aromatic carbocycles. The molecular weight excluding hydrogens is 463 g/mol. The van der Waals surface area contributed by atoms with Crippen LogP contribution in [0.3, 0.4) is 0 Å². The van der Waals surface area contributed by atoms with Gasteiger partial charge in [-0.1, -0.05) is 25.9 Å². The van der Waals surface area contributed by atoms with E-state index < -0.39 is 11.7 Å². The van der Waals surface area contributed by atoms with Crippen molar-refractivity contribution in [3.8, 4) is 0 Å². The fraction of sp³-hybridized carbons (Fsp3) is 0.765. The van der Waals surface area contributed by atoms with Crippen molar-refractivity contribution < 1.29 is 14.1 Å². The Morgan fingerprint density at radius 3 is 2.26 bits per heavy atom. The average molecular weight is 496 g/mol. The van der Waals surface area contributed by atoms with Gasteiger partial charge in [0.15, 0.2) is 11.8 Å². The lowest BCUT2D eigenvalue weighted by molar-refractivity contribution is 0.0529. The molecule has 0 spiro atoms. The van der Waals surface area contributed by atoms with E-state index in [2.05, 4.69) is 31.1 Å². The fourth-order valence-electron chi connectivity index (χ4n) is 1.77. The predicted molar refractivity (Wildman–Crippen MR) is 115 cm³/mol. The van der Waals surface area contributed by atoms with Crippen LogP contribution in [-0.4, -0.2) is 47.4 Å². The second-order valence-electron chi connectivity index (χ2n) is 7.82. The first-order valence-corrected chi connectivity index (χ1v) is 8.83. The van der Waals surface area contributed by atoms with Gasteiger partial charge in [0.05, 0.1) is 0 Å². The highest BCUT2D eigenvalue weighted by molar-refractivity contribution is 14.0. The van der Waals surface area contributed by atoms with Crippen LogP contribution in [0, 0.1) is 0 Å². The molecule has 1 heterocycles. The van der Waals surface area contributed by atoms with Crippen LogP contribution in [0.4, 0.5) is 4.79 Å². The Kier molecular flexibility index (Phi) is 10.6. The lowest BCUT2D eigenvalue weighted by Crippen LogP contribution is -2.42. The van der Waals surface area contributed by atoms with Gasteiger partial charge in [-0.2, -0.15) is 4.98 Å². The molecule has 0 radical (unpaired) electrons. The molecule has 1 amide bonds. The van der Waals surface area contributed by atoms with E-state index in [1.165, 1.54) is 0 Å². The molecule has 1 aromatic rings. The summed E-state index contributed by atoms with van der Waals surface area (Å²) in [6.07, 6.45) is -0.442. The summed E-state index contributed by atoms with van der Waals surface area (Å²) >= 11 is 0. The number of carbonyl (C=O) groups is 1. The Labute approximate surface area is 178 Å². The van der Waals surface area contributed by atoms with Crippen LogP contribution < -0.4 is 16.0 Å². The van der Waals surface area contributed by atoms with Gasteiger partial charge in [-0.15, -0.1) is 24.0 Å². The van der Waals surface area contributed by atoms with Crippen LogP contribution in [0.15, 0.2) is 9.52 Å². The zero-order valence-corrected chi connectivity index (χ0v) is 19.6. The third kappa shape index (κ3) is 11.0. The zero-order chi connectivity index (χ0) is 19.8. The predicted octanol–water partition coefficient (Wildman–Crippen LogP) is 2.56. The fourth-order valence-corrected chi connectivity index (χ4v) is 1.77. The van der Waals surface area contributed by atoms with E-state index in [4.69, 9.17) is 9.26 Å². The molecule has 0 bridgehead atoms. The summed E-state index contributed by atoms with van der Waals surface area (Å²) in [5.41, 5.74) is -0.699. The maximum absolute atomic E-state index is 11.6. The number of hydrogen-bond donors (Lipinski definition) is 3. The minimum absolute atomic E-state index is 0. The van der Waals surface area contributed by atoms with E-state index in [-0.39, 0.29) is 29.4 Å². The number of alkyl carbamates (subject to hydrolysis) is 1. The second kappa shape index (κ2) is 11.3. The molecule has 10 heteroatoms. The van der Waals surface area contributed by atoms with E-state index in [0.717, 1.165) is 0 Å². The average Bonchev–Trinajstić information content (AvgIpc) is 2.96. The van der Waals surface area contributed by atoms with Crippen LogP contribution in [0.25, 0.3) is 0 Å². The van der Waals surface area contributed by atoms with Crippen molar-refractivity contribution in [2.45, 2.75) is 66.0 Å². The van der Waals surface area contributed by atoms with Gasteiger partial charge in [-0.25, -0.2) is 9.79 Å². The first-order chi connectivity index (χ1) is 12.0. The molecule has 1 aromatic heterocycles. The van der Waals surface area contributed by atoms with Gasteiger partial charge in [-0.3, -0.25) is 0 Å². The molecule has 156 valence electrons. The third-order valence-electron chi connectivity index (χ3n) is 2.92. The molecule has 0 aliphatic rings. The minimum Gasteiger partial charge on any atom is -0.444 e. The lowest BCUT2D eigenvalue weighted by atomic mass is 9.97. The summed E-state index contributed by atoms with van der Waals surface area (Å²) < 4.78 is 10.4. The number of nitrogens with one attached hydrogen (secondary N) is 3. The maximum Gasteiger partial charge on any atom is 0.407 e. The van der Waals surface area contributed by atoms with Crippen LogP contribution >= 0.6 is 24.0 Å². The Balaban J connectivity index is 0.00000676. The highest BCUT2D eigenvalue weighted by Crippen LogP contribution is 2.19. The Morgan fingerprint density at radius 1 is 1.11 bits per heavy atom. The number of guanidine groups is 1. The summed E-state index contributed by atoms with van der Waals surface area (Å²) in [6.45, 7) is 15.4. The van der Waals surface area contributed by atoms with Crippen molar-refractivity contribution in [2.24, 2.45) is 4.99 Å². The molecule has 1 rings (SSSR count). The lowest BCUT2D eigenvalue weighted by Gasteiger charge is -2.19. The van der Waals surface area contributed by atoms with Gasteiger partial charge in [-0.05, 0) is 27.7 Å². The van der Waals surface area contributed by atoms with Crippen molar-refractivity contribution in [2.75, 3.05) is 19.6 Å². The number of halogens is 1. The topological polar surface area (TPSA) is 114 Å². The molecule has 0 aliphatic carbocycles. The minimum atomic E-state index is -0.510. The van der Waals surface area contributed by atoms with Gasteiger partial charge in [0, 0.05) is 25.0 Å². The van der Waals surface area contributed by atoms with Gasteiger partial charge in [0.25, 0.3) is 0 Å². The van der Waals surface area contributed by atoms with Crippen molar-refractivity contribution in [3.63, 3.8) is 0 Å². The maximum atomic E-state index is 11.6. The molecule has 0 fully saturated rings. The van der Waals surface area contributed by atoms with Crippen LogP contribution in [-0.2, 0) is 16.7 Å². The molecule has 9 nitrogen and oxygen atoms in total. The van der Waals surface area contributed by atoms with Crippen molar-refractivity contribution in [3.05, 3.63) is 11.7 Å². The van der Waals surface area contributed by atoms with Crippen LogP contribution in [0.1, 0.15) is 60.2 Å². The summed E-state index contributed by atoms with van der Waals surface area (Å²) in [5, 5.41) is 12.9. The normalized spacial score (nSPS) is 12.2. The highest BCUT2D eigenvalue weighted by atomic mass is 127. The first kappa shape index (κ1) is 25.4. The van der Waals surface area contributed by atoms with E-state index in [9.17, 15) is 4.79 Å². The number of ether oxygens (including phenoxy) is 1. The smallest absolute Gasteiger partial charge is 0.407 e. The summed E-state index contributed by atoms with van der Waals surface area (Å²) in [7, 11) is 0. The molecular formula is C17H33IN6O3. The molecule has 3 N–H and O–H groups in total. The molecule has 0 unspecified atom stereocenters. The van der Waals surface area contributed by atoms with Gasteiger partial charge < -0.3 is 25.2 Å². The van der Waals surface area contributed by atoms with Gasteiger partial charge in [0.1, 0.15) is 12.1 Å². The largest absolute Gasteiger partial charge is 0.444 e. The SMILES string of the molecule is CCNC(=NCc1noc(C(C)(C)C)n1)NCCNC(=O)OC(C)(C)C.I. The molecule has 27 heavy (non-hydrogen) atoms. The quantitative estimate of drug-likeness (QED) is 0.240. The Hall–Kier alpha value is -1.59. The third-order valence-corrected chi connectivity index (χ3v) is 2.92. The summed E-state index contributed by atoms with van der Waals surface area (Å²) in [5.74, 6) is 1.72. The Bertz CT molecular complexity index is 605. The number of amides is 1. The zero-order valence-electron chi connectivity index (χ0n) is 17.3. The number of carbonyl (C=O) groups excluding carboxylic acids is 1. The first-order valence-electron chi connectivity index (χ1n) is 8.83. The van der Waals surface area contributed by atoms with Crippen molar-refractivity contribution in [1.82, 2.24) is 26.1 Å². The molecule has 0 saturated heterocycles. The standard InChI is InChI=1S/C17H32N6O3.HI/c1-8-18-14(19-9-10-20-15(24)25-17(5,6)7)21-11-12-22-13(26-23-12)16(2,3)4;/h8-11H2,1-7H3,(H,20,24)(H2,18,19,21);1H. The van der Waals surface area contributed by atoms with Gasteiger partial charge >= 0.3 is 6.09 Å². The second-order valence-corrected chi connectivity index (χ2v) is 7.82. The summed E-state index contributed by atoms with van der Waals surface area (Å²) in [6, 6.07) is 0. The number of hydrogen-bond acceptors (Lipinski definition) is 6. The molecule has 0 aliphatic heterocycles. The van der Waals surface area contributed by atoms with Crippen LogP contribution in [0.2, 0.25) is 0 Å². The molecule has 0 atom stereocenters. The number of rotatable bonds is 6. The van der Waals surface area contributed by atoms with E-state index in [0.29, 0.717) is 43.9 Å². The van der Waals surface area contributed by atoms with Crippen molar-refractivity contribution in [1.29, 1.82) is 0 Å². The van der Waals surface area contributed by atoms with E-state index in [1.54, 1.807) is 0 Å². The summed E-state index contributed by atoms with van der Waals surface area (Å²) in [4.78, 5) is 20.4. The van der Waals surface area contributed by atoms with Gasteiger partial charge in [0.2, 0.25) is 5.89 Å². The Morgan fingerprint density at radius 2 is 1.74 bits per heavy atom. The number of aromatic nitrogens is 2. The van der Waals surface area contributed by atoms with Crippen molar-refractivity contribution >= 4 is 36.0 Å². The highest BCUT2D eigenvalue weighted by Gasteiger charge is 2.21. The van der Waals surface area contributed by atoms with E-state index >= 15 is 0 Å². The number of aliphatic imine (C=N–C) groups is 1. The van der Waals surface area contributed by atoms with E-state index in [1.807, 2.05) is 48.5 Å². The molecule has 0 saturated carbocycles. The van der Waals surface area contributed by atoms with Crippen LogP contribution in [0.5, 0.6) is 0 Å².